The summed E-state index contributed by atoms with van der Waals surface area (Å²) in [6.45, 7) is 1.70. The molecule has 1 saturated heterocycles. The molecule has 3 nitrogen and oxygen atoms in total. The Labute approximate surface area is 125 Å². The lowest BCUT2D eigenvalue weighted by Gasteiger charge is -2.23. The third kappa shape index (κ3) is 4.03. The van der Waals surface area contributed by atoms with Crippen LogP contribution in [0.25, 0.3) is 0 Å². The van der Waals surface area contributed by atoms with Gasteiger partial charge in [0, 0.05) is 25.0 Å². The van der Waals surface area contributed by atoms with E-state index in [-0.39, 0.29) is 11.7 Å². The molecule has 1 aromatic rings. The smallest absolute Gasteiger partial charge is 0.223 e. The van der Waals surface area contributed by atoms with E-state index in [0.717, 1.165) is 31.4 Å². The Bertz CT molecular complexity index is 478. The number of halogens is 1. The molecule has 1 heterocycles. The molecule has 4 heteroatoms. The van der Waals surface area contributed by atoms with Crippen LogP contribution in [0.1, 0.15) is 44.1 Å². The van der Waals surface area contributed by atoms with Gasteiger partial charge in [0.15, 0.2) is 0 Å². The molecule has 0 bridgehead atoms. The Hall–Kier alpha value is -1.42. The van der Waals surface area contributed by atoms with Crippen LogP contribution in [0.5, 0.6) is 0 Å². The van der Waals surface area contributed by atoms with Gasteiger partial charge in [-0.25, -0.2) is 4.39 Å². The van der Waals surface area contributed by atoms with E-state index >= 15 is 0 Å². The van der Waals surface area contributed by atoms with Gasteiger partial charge in [-0.15, -0.1) is 0 Å². The molecule has 21 heavy (non-hydrogen) atoms. The average molecular weight is 290 g/mol. The predicted octanol–water partition coefficient (Wildman–Crippen LogP) is 2.85. The number of nitrogens with one attached hydrogen (secondary N) is 1. The van der Waals surface area contributed by atoms with Gasteiger partial charge in [0.2, 0.25) is 5.91 Å². The number of hydrogen-bond acceptors (Lipinski definition) is 2. The van der Waals surface area contributed by atoms with Gasteiger partial charge < -0.3 is 10.2 Å². The lowest BCUT2D eigenvalue weighted by Crippen LogP contribution is -2.33. The van der Waals surface area contributed by atoms with E-state index in [4.69, 9.17) is 0 Å². The molecule has 0 radical (unpaired) electrons. The van der Waals surface area contributed by atoms with Crippen LogP contribution in [0.4, 0.5) is 4.39 Å². The summed E-state index contributed by atoms with van der Waals surface area (Å²) in [6, 6.07) is 7.40. The van der Waals surface area contributed by atoms with Crippen LogP contribution in [-0.2, 0) is 11.3 Å². The summed E-state index contributed by atoms with van der Waals surface area (Å²) in [5.74, 6) is 0.0193. The minimum absolute atomic E-state index is 0.227. The summed E-state index contributed by atoms with van der Waals surface area (Å²) in [6.07, 6.45) is 6.18. The predicted molar refractivity (Wildman–Crippen MR) is 80.2 cm³/mol. The second-order valence-corrected chi connectivity index (χ2v) is 6.21. The minimum Gasteiger partial charge on any atom is -0.335 e. The first kappa shape index (κ1) is 14.5. The molecule has 1 aromatic carbocycles. The third-order valence-corrected chi connectivity index (χ3v) is 4.44. The maximum atomic E-state index is 13.0. The zero-order chi connectivity index (χ0) is 14.7. The molecule has 0 spiro atoms. The maximum absolute atomic E-state index is 13.0. The van der Waals surface area contributed by atoms with Gasteiger partial charge in [-0.05, 0) is 56.3 Å². The fourth-order valence-corrected chi connectivity index (χ4v) is 3.04. The van der Waals surface area contributed by atoms with Crippen molar-refractivity contribution in [1.82, 2.24) is 10.2 Å². The van der Waals surface area contributed by atoms with E-state index in [0.29, 0.717) is 25.0 Å². The lowest BCUT2D eigenvalue weighted by atomic mass is 10.1. The van der Waals surface area contributed by atoms with Crippen molar-refractivity contribution in [2.75, 3.05) is 6.54 Å². The van der Waals surface area contributed by atoms with Crippen molar-refractivity contribution in [2.45, 2.75) is 57.2 Å². The summed E-state index contributed by atoms with van der Waals surface area (Å²) in [4.78, 5) is 14.5. The molecule has 0 aromatic heterocycles. The number of nitrogens with zero attached hydrogens (tertiary/aromatic N) is 1. The van der Waals surface area contributed by atoms with E-state index < -0.39 is 0 Å². The standard InChI is InChI=1S/C17H23FN2O/c18-14-5-3-13(4-6-14)12-20(16-8-9-16)17(21)10-7-15-2-1-11-19-15/h3-6,15-16,19H,1-2,7-12H2. The van der Waals surface area contributed by atoms with Gasteiger partial charge in [0.25, 0.3) is 0 Å². The zero-order valence-corrected chi connectivity index (χ0v) is 12.4. The summed E-state index contributed by atoms with van der Waals surface area (Å²) in [7, 11) is 0. The van der Waals surface area contributed by atoms with Gasteiger partial charge in [0.1, 0.15) is 5.82 Å². The molecule has 1 N–H and O–H groups in total. The van der Waals surface area contributed by atoms with Crippen molar-refractivity contribution < 1.29 is 9.18 Å². The van der Waals surface area contributed by atoms with Crippen molar-refractivity contribution in [3.8, 4) is 0 Å². The molecule has 3 rings (SSSR count). The number of carbonyl (C=O) groups excluding carboxylic acids is 1. The molecule has 114 valence electrons. The molecular formula is C17H23FN2O. The summed E-state index contributed by atoms with van der Waals surface area (Å²) in [5.41, 5.74) is 1.01. The Morgan fingerprint density at radius 1 is 1.24 bits per heavy atom. The summed E-state index contributed by atoms with van der Waals surface area (Å²) >= 11 is 0. The third-order valence-electron chi connectivity index (χ3n) is 4.44. The molecule has 2 fully saturated rings. The first-order valence-corrected chi connectivity index (χ1v) is 7.99. The van der Waals surface area contributed by atoms with Crippen molar-refractivity contribution >= 4 is 5.91 Å². The highest BCUT2D eigenvalue weighted by atomic mass is 19.1. The van der Waals surface area contributed by atoms with E-state index in [1.165, 1.54) is 25.0 Å². The Morgan fingerprint density at radius 3 is 2.62 bits per heavy atom. The van der Waals surface area contributed by atoms with Crippen molar-refractivity contribution in [1.29, 1.82) is 0 Å². The summed E-state index contributed by atoms with van der Waals surface area (Å²) in [5, 5.41) is 3.44. The second-order valence-electron chi connectivity index (χ2n) is 6.21. The lowest BCUT2D eigenvalue weighted by molar-refractivity contribution is -0.132. The van der Waals surface area contributed by atoms with Crippen LogP contribution in [-0.4, -0.2) is 29.4 Å². The number of carbonyl (C=O) groups is 1. The van der Waals surface area contributed by atoms with Crippen molar-refractivity contribution in [3.63, 3.8) is 0 Å². The zero-order valence-electron chi connectivity index (χ0n) is 12.4. The highest BCUT2D eigenvalue weighted by Gasteiger charge is 2.32. The molecule has 1 atom stereocenters. The largest absolute Gasteiger partial charge is 0.335 e. The molecule has 1 unspecified atom stereocenters. The molecule has 1 amide bonds. The van der Waals surface area contributed by atoms with Gasteiger partial charge in [0.05, 0.1) is 0 Å². The highest BCUT2D eigenvalue weighted by molar-refractivity contribution is 5.77. The van der Waals surface area contributed by atoms with E-state index in [9.17, 15) is 9.18 Å². The molecule has 2 aliphatic rings. The monoisotopic (exact) mass is 290 g/mol. The van der Waals surface area contributed by atoms with Crippen LogP contribution in [0, 0.1) is 5.82 Å². The average Bonchev–Trinajstić information content (AvgIpc) is 3.19. The van der Waals surface area contributed by atoms with Crippen LogP contribution < -0.4 is 5.32 Å². The number of benzene rings is 1. The van der Waals surface area contributed by atoms with Gasteiger partial charge in [-0.2, -0.15) is 0 Å². The Morgan fingerprint density at radius 2 is 2.00 bits per heavy atom. The van der Waals surface area contributed by atoms with Gasteiger partial charge >= 0.3 is 0 Å². The number of rotatable bonds is 6. The van der Waals surface area contributed by atoms with Crippen molar-refractivity contribution in [3.05, 3.63) is 35.6 Å². The van der Waals surface area contributed by atoms with Crippen LogP contribution >= 0.6 is 0 Å². The SMILES string of the molecule is O=C(CCC1CCCN1)N(Cc1ccc(F)cc1)C1CC1. The first-order valence-electron chi connectivity index (χ1n) is 7.99. The highest BCUT2D eigenvalue weighted by Crippen LogP contribution is 2.29. The van der Waals surface area contributed by atoms with E-state index in [1.54, 1.807) is 12.1 Å². The fraction of sp³-hybridized carbons (Fsp3) is 0.588. The fourth-order valence-electron chi connectivity index (χ4n) is 3.04. The quantitative estimate of drug-likeness (QED) is 0.874. The van der Waals surface area contributed by atoms with E-state index in [1.807, 2.05) is 4.90 Å². The maximum Gasteiger partial charge on any atom is 0.223 e. The Kier molecular flexibility index (Phi) is 4.54. The van der Waals surface area contributed by atoms with Crippen LogP contribution in [0.15, 0.2) is 24.3 Å². The van der Waals surface area contributed by atoms with E-state index in [2.05, 4.69) is 5.32 Å². The minimum atomic E-state index is -0.227. The normalized spacial score (nSPS) is 21.5. The number of amides is 1. The first-order chi connectivity index (χ1) is 10.2. The van der Waals surface area contributed by atoms with Gasteiger partial charge in [-0.3, -0.25) is 4.79 Å². The number of hydrogen-bond donors (Lipinski definition) is 1. The van der Waals surface area contributed by atoms with Gasteiger partial charge in [-0.1, -0.05) is 12.1 Å². The molecular weight excluding hydrogens is 267 g/mol. The van der Waals surface area contributed by atoms with Crippen LogP contribution in [0.3, 0.4) is 0 Å². The molecule has 1 saturated carbocycles. The molecule has 1 aliphatic carbocycles. The summed E-state index contributed by atoms with van der Waals surface area (Å²) < 4.78 is 13.0. The topological polar surface area (TPSA) is 32.3 Å². The second kappa shape index (κ2) is 6.56. The Balaban J connectivity index is 1.55. The van der Waals surface area contributed by atoms with Crippen molar-refractivity contribution in [2.24, 2.45) is 0 Å². The molecule has 1 aliphatic heterocycles. The van der Waals surface area contributed by atoms with Crippen LogP contribution in [0.2, 0.25) is 0 Å².